The SMILES string of the molecule is Cc1ccc(C(S)CN)c(C)c1. The second kappa shape index (κ2) is 3.97. The first-order valence-electron chi connectivity index (χ1n) is 4.10. The van der Waals surface area contributed by atoms with Gasteiger partial charge >= 0.3 is 0 Å². The van der Waals surface area contributed by atoms with Crippen LogP contribution in [0.3, 0.4) is 0 Å². The van der Waals surface area contributed by atoms with Crippen molar-refractivity contribution in [3.63, 3.8) is 0 Å². The van der Waals surface area contributed by atoms with Gasteiger partial charge in [-0.05, 0) is 25.0 Å². The average molecular weight is 181 g/mol. The first kappa shape index (κ1) is 9.62. The van der Waals surface area contributed by atoms with Crippen LogP contribution in [-0.2, 0) is 0 Å². The molecule has 0 aromatic heterocycles. The molecule has 0 aliphatic heterocycles. The maximum atomic E-state index is 5.53. The zero-order chi connectivity index (χ0) is 9.14. The third kappa shape index (κ3) is 2.02. The molecule has 1 aromatic rings. The summed E-state index contributed by atoms with van der Waals surface area (Å²) in [6.45, 7) is 4.78. The number of benzene rings is 1. The first-order chi connectivity index (χ1) is 5.65. The third-order valence-electron chi connectivity index (χ3n) is 2.01. The fourth-order valence-corrected chi connectivity index (χ4v) is 1.62. The van der Waals surface area contributed by atoms with Crippen LogP contribution in [-0.4, -0.2) is 6.54 Å². The molecule has 66 valence electrons. The molecule has 2 N–H and O–H groups in total. The molecule has 1 aromatic carbocycles. The molecule has 0 fully saturated rings. The van der Waals surface area contributed by atoms with Crippen molar-refractivity contribution in [1.82, 2.24) is 0 Å². The van der Waals surface area contributed by atoms with Gasteiger partial charge in [0.1, 0.15) is 0 Å². The maximum Gasteiger partial charge on any atom is 0.0392 e. The Morgan fingerprint density at radius 3 is 2.58 bits per heavy atom. The highest BCUT2D eigenvalue weighted by atomic mass is 32.1. The van der Waals surface area contributed by atoms with Gasteiger partial charge in [-0.1, -0.05) is 23.8 Å². The third-order valence-corrected chi connectivity index (χ3v) is 2.50. The first-order valence-corrected chi connectivity index (χ1v) is 4.62. The van der Waals surface area contributed by atoms with Crippen LogP contribution in [0.1, 0.15) is 21.9 Å². The summed E-state index contributed by atoms with van der Waals surface area (Å²) in [5, 5.41) is 0.172. The molecule has 0 aliphatic rings. The fourth-order valence-electron chi connectivity index (χ4n) is 1.33. The van der Waals surface area contributed by atoms with E-state index in [1.807, 2.05) is 0 Å². The lowest BCUT2D eigenvalue weighted by Crippen LogP contribution is -2.08. The van der Waals surface area contributed by atoms with E-state index in [2.05, 4.69) is 44.7 Å². The molecule has 1 unspecified atom stereocenters. The van der Waals surface area contributed by atoms with Crippen molar-refractivity contribution in [1.29, 1.82) is 0 Å². The van der Waals surface area contributed by atoms with Crippen LogP contribution in [0.5, 0.6) is 0 Å². The van der Waals surface area contributed by atoms with Crippen LogP contribution in [0.2, 0.25) is 0 Å². The second-order valence-corrected chi connectivity index (χ2v) is 3.73. The quantitative estimate of drug-likeness (QED) is 0.672. The van der Waals surface area contributed by atoms with Gasteiger partial charge in [-0.2, -0.15) is 12.6 Å². The minimum Gasteiger partial charge on any atom is -0.329 e. The molecule has 0 radical (unpaired) electrons. The number of hydrogen-bond donors (Lipinski definition) is 2. The van der Waals surface area contributed by atoms with Gasteiger partial charge in [0, 0.05) is 11.8 Å². The predicted octanol–water partition coefficient (Wildman–Crippen LogP) is 2.23. The zero-order valence-electron chi connectivity index (χ0n) is 7.54. The molecule has 0 heterocycles. The number of aryl methyl sites for hydroxylation is 2. The van der Waals surface area contributed by atoms with Gasteiger partial charge in [0.2, 0.25) is 0 Å². The molecular formula is C10H15NS. The van der Waals surface area contributed by atoms with E-state index < -0.39 is 0 Å². The number of rotatable bonds is 2. The molecule has 0 saturated carbocycles. The van der Waals surface area contributed by atoms with Crippen molar-refractivity contribution in [3.05, 3.63) is 34.9 Å². The van der Waals surface area contributed by atoms with E-state index in [-0.39, 0.29) is 5.25 Å². The number of nitrogens with two attached hydrogens (primary N) is 1. The summed E-state index contributed by atoms with van der Waals surface area (Å²) in [5.74, 6) is 0. The molecule has 0 spiro atoms. The second-order valence-electron chi connectivity index (χ2n) is 3.11. The van der Waals surface area contributed by atoms with Crippen LogP contribution >= 0.6 is 12.6 Å². The molecular weight excluding hydrogens is 166 g/mol. The Balaban J connectivity index is 3.01. The van der Waals surface area contributed by atoms with Crippen LogP contribution < -0.4 is 5.73 Å². The van der Waals surface area contributed by atoms with Crippen LogP contribution in [0, 0.1) is 13.8 Å². The van der Waals surface area contributed by atoms with E-state index in [4.69, 9.17) is 5.73 Å². The summed E-state index contributed by atoms with van der Waals surface area (Å²) in [4.78, 5) is 0. The highest BCUT2D eigenvalue weighted by molar-refractivity contribution is 7.80. The van der Waals surface area contributed by atoms with E-state index in [1.54, 1.807) is 0 Å². The Kier molecular flexibility index (Phi) is 3.18. The lowest BCUT2D eigenvalue weighted by molar-refractivity contribution is 0.938. The van der Waals surface area contributed by atoms with E-state index in [1.165, 1.54) is 16.7 Å². The molecule has 0 aliphatic carbocycles. The minimum atomic E-state index is 0.172. The highest BCUT2D eigenvalue weighted by Gasteiger charge is 2.06. The van der Waals surface area contributed by atoms with Crippen molar-refractivity contribution < 1.29 is 0 Å². The van der Waals surface area contributed by atoms with E-state index in [0.717, 1.165) is 0 Å². The minimum absolute atomic E-state index is 0.172. The Hall–Kier alpha value is -0.470. The van der Waals surface area contributed by atoms with Crippen molar-refractivity contribution in [2.45, 2.75) is 19.1 Å². The van der Waals surface area contributed by atoms with Crippen LogP contribution in [0.25, 0.3) is 0 Å². The Morgan fingerprint density at radius 2 is 2.08 bits per heavy atom. The Labute approximate surface area is 79.4 Å². The summed E-state index contributed by atoms with van der Waals surface area (Å²) in [6, 6.07) is 6.37. The predicted molar refractivity (Wildman–Crippen MR) is 56.7 cm³/mol. The van der Waals surface area contributed by atoms with Gasteiger partial charge in [0.25, 0.3) is 0 Å². The van der Waals surface area contributed by atoms with E-state index in [9.17, 15) is 0 Å². The molecule has 1 atom stereocenters. The summed E-state index contributed by atoms with van der Waals surface area (Å²) in [6.07, 6.45) is 0. The molecule has 1 nitrogen and oxygen atoms in total. The smallest absolute Gasteiger partial charge is 0.0392 e. The molecule has 2 heteroatoms. The summed E-state index contributed by atoms with van der Waals surface area (Å²) < 4.78 is 0. The Bertz CT molecular complexity index is 271. The molecule has 0 saturated heterocycles. The van der Waals surface area contributed by atoms with Gasteiger partial charge < -0.3 is 5.73 Å². The lowest BCUT2D eigenvalue weighted by Gasteiger charge is -2.11. The average Bonchev–Trinajstić information content (AvgIpc) is 2.03. The van der Waals surface area contributed by atoms with Crippen molar-refractivity contribution in [2.75, 3.05) is 6.54 Å². The Morgan fingerprint density at radius 1 is 1.42 bits per heavy atom. The number of hydrogen-bond acceptors (Lipinski definition) is 2. The van der Waals surface area contributed by atoms with Crippen molar-refractivity contribution >= 4 is 12.6 Å². The van der Waals surface area contributed by atoms with Crippen molar-refractivity contribution in [2.24, 2.45) is 5.73 Å². The van der Waals surface area contributed by atoms with E-state index >= 15 is 0 Å². The number of thiol groups is 1. The topological polar surface area (TPSA) is 26.0 Å². The molecule has 1 rings (SSSR count). The fraction of sp³-hybridized carbons (Fsp3) is 0.400. The summed E-state index contributed by atoms with van der Waals surface area (Å²) in [5.41, 5.74) is 9.34. The summed E-state index contributed by atoms with van der Waals surface area (Å²) in [7, 11) is 0. The lowest BCUT2D eigenvalue weighted by atomic mass is 10.0. The molecule has 0 amide bonds. The molecule has 12 heavy (non-hydrogen) atoms. The van der Waals surface area contributed by atoms with Crippen LogP contribution in [0.4, 0.5) is 0 Å². The van der Waals surface area contributed by atoms with Crippen molar-refractivity contribution in [3.8, 4) is 0 Å². The monoisotopic (exact) mass is 181 g/mol. The van der Waals surface area contributed by atoms with Gasteiger partial charge in [-0.3, -0.25) is 0 Å². The zero-order valence-corrected chi connectivity index (χ0v) is 8.44. The van der Waals surface area contributed by atoms with Gasteiger partial charge in [-0.25, -0.2) is 0 Å². The maximum absolute atomic E-state index is 5.53. The van der Waals surface area contributed by atoms with Gasteiger partial charge in [0.05, 0.1) is 0 Å². The van der Waals surface area contributed by atoms with Crippen LogP contribution in [0.15, 0.2) is 18.2 Å². The highest BCUT2D eigenvalue weighted by Crippen LogP contribution is 2.22. The normalized spacial score (nSPS) is 13.0. The standard InChI is InChI=1S/C10H15NS/c1-7-3-4-9(8(2)5-7)10(12)6-11/h3-5,10,12H,6,11H2,1-2H3. The molecule has 0 bridgehead atoms. The summed E-state index contributed by atoms with van der Waals surface area (Å²) >= 11 is 4.40. The largest absolute Gasteiger partial charge is 0.329 e. The van der Waals surface area contributed by atoms with Gasteiger partial charge in [0.15, 0.2) is 0 Å². The van der Waals surface area contributed by atoms with E-state index in [0.29, 0.717) is 6.54 Å². The van der Waals surface area contributed by atoms with Gasteiger partial charge in [-0.15, -0.1) is 0 Å².